The minimum atomic E-state index is -0.0457. The fraction of sp³-hybridized carbons (Fsp3) is 0.909. The number of nitrogens with one attached hydrogen (secondary N) is 1. The highest BCUT2D eigenvalue weighted by atomic mass is 16.3. The molecule has 2 N–H and O–H groups in total. The monoisotopic (exact) mass is 216 g/mol. The lowest BCUT2D eigenvalue weighted by Crippen LogP contribution is -2.40. The van der Waals surface area contributed by atoms with Gasteiger partial charge in [0.05, 0.1) is 0 Å². The van der Waals surface area contributed by atoms with Gasteiger partial charge < -0.3 is 15.3 Å². The van der Waals surface area contributed by atoms with E-state index in [1.165, 1.54) is 0 Å². The molecule has 0 aromatic carbocycles. The van der Waals surface area contributed by atoms with Gasteiger partial charge in [0.25, 0.3) is 0 Å². The molecule has 0 rings (SSSR count). The second kappa shape index (κ2) is 6.80. The zero-order valence-corrected chi connectivity index (χ0v) is 10.3. The van der Waals surface area contributed by atoms with E-state index in [-0.39, 0.29) is 18.1 Å². The summed E-state index contributed by atoms with van der Waals surface area (Å²) in [4.78, 5) is 12.9. The Morgan fingerprint density at radius 3 is 2.47 bits per heavy atom. The number of nitrogens with zero attached hydrogens (tertiary/aromatic N) is 1. The van der Waals surface area contributed by atoms with Crippen molar-refractivity contribution in [3.05, 3.63) is 0 Å². The van der Waals surface area contributed by atoms with Crippen LogP contribution >= 0.6 is 0 Å². The first-order chi connectivity index (χ1) is 6.89. The van der Waals surface area contributed by atoms with Crippen molar-refractivity contribution in [3.8, 4) is 0 Å². The highest BCUT2D eigenvalue weighted by Gasteiger charge is 2.15. The van der Waals surface area contributed by atoms with Crippen molar-refractivity contribution in [2.24, 2.45) is 0 Å². The summed E-state index contributed by atoms with van der Waals surface area (Å²) in [5.74, 6) is 0.164. The number of aliphatic hydroxyl groups is 1. The number of aliphatic hydroxyl groups excluding tert-OH is 1. The van der Waals surface area contributed by atoms with Crippen LogP contribution in [0.25, 0.3) is 0 Å². The molecular formula is C11H24N2O2. The molecule has 0 heterocycles. The van der Waals surface area contributed by atoms with E-state index in [4.69, 9.17) is 5.11 Å². The number of carbonyl (C=O) groups is 1. The highest BCUT2D eigenvalue weighted by Crippen LogP contribution is 2.07. The average Bonchev–Trinajstić information content (AvgIpc) is 2.11. The minimum Gasteiger partial charge on any atom is -0.396 e. The Balaban J connectivity index is 3.58. The van der Waals surface area contributed by atoms with E-state index < -0.39 is 0 Å². The number of carbonyl (C=O) groups excluding carboxylic acids is 1. The van der Waals surface area contributed by atoms with E-state index in [0.29, 0.717) is 6.42 Å². The zero-order valence-electron chi connectivity index (χ0n) is 10.3. The van der Waals surface area contributed by atoms with Crippen LogP contribution in [0.3, 0.4) is 0 Å². The highest BCUT2D eigenvalue weighted by molar-refractivity contribution is 5.75. The Hall–Kier alpha value is -0.610. The minimum absolute atomic E-state index is 0.0457. The lowest BCUT2D eigenvalue weighted by molar-refractivity contribution is -0.128. The predicted molar refractivity (Wildman–Crippen MR) is 61.7 cm³/mol. The van der Waals surface area contributed by atoms with Crippen LogP contribution in [0.1, 0.15) is 33.1 Å². The topological polar surface area (TPSA) is 52.6 Å². The molecule has 0 saturated heterocycles. The molecular weight excluding hydrogens is 192 g/mol. The summed E-state index contributed by atoms with van der Waals surface area (Å²) >= 11 is 0. The van der Waals surface area contributed by atoms with Crippen LogP contribution in [-0.4, -0.2) is 48.7 Å². The number of rotatable bonds is 7. The largest absolute Gasteiger partial charge is 0.396 e. The molecule has 0 radical (unpaired) electrons. The van der Waals surface area contributed by atoms with Gasteiger partial charge in [0.2, 0.25) is 5.91 Å². The van der Waals surface area contributed by atoms with Crippen LogP contribution in [0, 0.1) is 0 Å². The summed E-state index contributed by atoms with van der Waals surface area (Å²) in [6, 6.07) is 0. The number of amides is 1. The molecule has 0 aliphatic carbocycles. The summed E-state index contributed by atoms with van der Waals surface area (Å²) in [5, 5.41) is 12.1. The van der Waals surface area contributed by atoms with E-state index >= 15 is 0 Å². The van der Waals surface area contributed by atoms with Gasteiger partial charge in [-0.15, -0.1) is 0 Å². The molecule has 4 heteroatoms. The SMILES string of the molecule is CN(C)C(=O)CCCNC(C)(C)CCO. The molecule has 4 nitrogen and oxygen atoms in total. The molecule has 0 spiro atoms. The molecule has 0 aromatic rings. The second-order valence-electron chi connectivity index (χ2n) is 4.68. The van der Waals surface area contributed by atoms with Crippen LogP contribution < -0.4 is 5.32 Å². The molecule has 0 aliphatic rings. The van der Waals surface area contributed by atoms with Crippen molar-refractivity contribution in [2.75, 3.05) is 27.2 Å². The van der Waals surface area contributed by atoms with Crippen molar-refractivity contribution < 1.29 is 9.90 Å². The maximum atomic E-state index is 11.3. The molecule has 0 saturated carbocycles. The lowest BCUT2D eigenvalue weighted by Gasteiger charge is -2.25. The third kappa shape index (κ3) is 7.33. The van der Waals surface area contributed by atoms with E-state index in [1.807, 2.05) is 0 Å². The van der Waals surface area contributed by atoms with Gasteiger partial charge in [0, 0.05) is 32.7 Å². The Bertz CT molecular complexity index is 191. The van der Waals surface area contributed by atoms with E-state index in [0.717, 1.165) is 19.4 Å². The third-order valence-corrected chi connectivity index (χ3v) is 2.41. The second-order valence-corrected chi connectivity index (χ2v) is 4.68. The van der Waals surface area contributed by atoms with Crippen molar-refractivity contribution in [3.63, 3.8) is 0 Å². The van der Waals surface area contributed by atoms with E-state index in [1.54, 1.807) is 19.0 Å². The number of hydrogen-bond acceptors (Lipinski definition) is 3. The third-order valence-electron chi connectivity index (χ3n) is 2.41. The quantitative estimate of drug-likeness (QED) is 0.613. The van der Waals surface area contributed by atoms with Crippen LogP contribution in [0.5, 0.6) is 0 Å². The van der Waals surface area contributed by atoms with Crippen molar-refractivity contribution >= 4 is 5.91 Å². The molecule has 15 heavy (non-hydrogen) atoms. The van der Waals surface area contributed by atoms with E-state index in [9.17, 15) is 4.79 Å². The summed E-state index contributed by atoms with van der Waals surface area (Å²) in [6.07, 6.45) is 2.15. The molecule has 0 aliphatic heterocycles. The first-order valence-corrected chi connectivity index (χ1v) is 5.45. The van der Waals surface area contributed by atoms with E-state index in [2.05, 4.69) is 19.2 Å². The Labute approximate surface area is 92.7 Å². The fourth-order valence-electron chi connectivity index (χ4n) is 1.26. The van der Waals surface area contributed by atoms with Gasteiger partial charge >= 0.3 is 0 Å². The summed E-state index contributed by atoms with van der Waals surface area (Å²) in [7, 11) is 3.54. The van der Waals surface area contributed by atoms with Gasteiger partial charge in [-0.2, -0.15) is 0 Å². The Morgan fingerprint density at radius 2 is 2.00 bits per heavy atom. The summed E-state index contributed by atoms with van der Waals surface area (Å²) in [6.45, 7) is 5.11. The molecule has 0 aromatic heterocycles. The standard InChI is InChI=1S/C11H24N2O2/c1-11(2,7-9-14)12-8-5-6-10(15)13(3)4/h12,14H,5-9H2,1-4H3. The van der Waals surface area contributed by atoms with Gasteiger partial charge in [-0.3, -0.25) is 4.79 Å². The molecule has 90 valence electrons. The van der Waals surface area contributed by atoms with Crippen LogP contribution in [0.4, 0.5) is 0 Å². The first kappa shape index (κ1) is 14.4. The summed E-state index contributed by atoms with van der Waals surface area (Å²) < 4.78 is 0. The van der Waals surface area contributed by atoms with Crippen molar-refractivity contribution in [1.82, 2.24) is 10.2 Å². The number of hydrogen-bond donors (Lipinski definition) is 2. The zero-order chi connectivity index (χ0) is 11.9. The molecule has 0 fully saturated rings. The maximum absolute atomic E-state index is 11.3. The summed E-state index contributed by atoms with van der Waals surface area (Å²) in [5.41, 5.74) is -0.0457. The van der Waals surface area contributed by atoms with Gasteiger partial charge in [0.1, 0.15) is 0 Å². The smallest absolute Gasteiger partial charge is 0.222 e. The van der Waals surface area contributed by atoms with Gasteiger partial charge in [-0.05, 0) is 33.2 Å². The molecule has 0 unspecified atom stereocenters. The van der Waals surface area contributed by atoms with Crippen molar-refractivity contribution in [2.45, 2.75) is 38.6 Å². The van der Waals surface area contributed by atoms with Gasteiger partial charge in [-0.1, -0.05) is 0 Å². The lowest BCUT2D eigenvalue weighted by atomic mass is 10.0. The van der Waals surface area contributed by atoms with Gasteiger partial charge in [0.15, 0.2) is 0 Å². The van der Waals surface area contributed by atoms with Crippen LogP contribution in [0.2, 0.25) is 0 Å². The Kier molecular flexibility index (Phi) is 6.52. The van der Waals surface area contributed by atoms with Gasteiger partial charge in [-0.25, -0.2) is 0 Å². The van der Waals surface area contributed by atoms with Crippen molar-refractivity contribution in [1.29, 1.82) is 0 Å². The molecule has 0 bridgehead atoms. The van der Waals surface area contributed by atoms with Crippen LogP contribution in [0.15, 0.2) is 0 Å². The molecule has 0 atom stereocenters. The normalized spacial score (nSPS) is 11.5. The maximum Gasteiger partial charge on any atom is 0.222 e. The Morgan fingerprint density at radius 1 is 1.40 bits per heavy atom. The fourth-order valence-corrected chi connectivity index (χ4v) is 1.26. The first-order valence-electron chi connectivity index (χ1n) is 5.45. The predicted octanol–water partition coefficient (Wildman–Crippen LogP) is 0.605. The van der Waals surface area contributed by atoms with Crippen LogP contribution in [-0.2, 0) is 4.79 Å². The molecule has 1 amide bonds. The average molecular weight is 216 g/mol.